The van der Waals surface area contributed by atoms with Crippen molar-refractivity contribution >= 4 is 23.5 Å². The van der Waals surface area contributed by atoms with Crippen molar-refractivity contribution in [2.75, 3.05) is 4.90 Å². The fraction of sp³-hybridized carbons (Fsp3) is 0.182. The molecule has 2 amide bonds. The Kier molecular flexibility index (Phi) is 2.55. The van der Waals surface area contributed by atoms with Gasteiger partial charge in [0.1, 0.15) is 5.75 Å². The minimum Gasteiger partial charge on any atom is -0.508 e. The minimum absolute atomic E-state index is 0.00259. The second kappa shape index (κ2) is 3.89. The number of benzene rings is 1. The number of imide groups is 1. The number of carbonyl (C=O) groups is 3. The van der Waals surface area contributed by atoms with E-state index in [1.54, 1.807) is 0 Å². The van der Waals surface area contributed by atoms with E-state index in [1.165, 1.54) is 12.1 Å². The summed E-state index contributed by atoms with van der Waals surface area (Å²) in [5.41, 5.74) is -0.267. The Balaban J connectivity index is 2.55. The van der Waals surface area contributed by atoms with Crippen LogP contribution in [-0.4, -0.2) is 28.0 Å². The van der Waals surface area contributed by atoms with Gasteiger partial charge in [0.25, 0.3) is 0 Å². The van der Waals surface area contributed by atoms with E-state index in [2.05, 4.69) is 0 Å². The third-order valence-corrected chi connectivity index (χ3v) is 2.50. The number of carbonyl (C=O) groups excluding carboxylic acids is 2. The highest BCUT2D eigenvalue weighted by atomic mass is 16.4. The SMILES string of the molecule is O=C(O)c1cc(O)ccc1N1C(=O)CCC1=O. The molecule has 1 aliphatic rings. The monoisotopic (exact) mass is 235 g/mol. The molecule has 0 aromatic heterocycles. The van der Waals surface area contributed by atoms with E-state index in [0.717, 1.165) is 11.0 Å². The second-order valence-electron chi connectivity index (χ2n) is 3.63. The number of hydrogen-bond acceptors (Lipinski definition) is 4. The molecule has 88 valence electrons. The summed E-state index contributed by atoms with van der Waals surface area (Å²) < 4.78 is 0. The highest BCUT2D eigenvalue weighted by molar-refractivity contribution is 6.21. The average molecular weight is 235 g/mol. The van der Waals surface area contributed by atoms with E-state index in [1.807, 2.05) is 0 Å². The predicted molar refractivity (Wildman–Crippen MR) is 56.8 cm³/mol. The number of phenolic OH excluding ortho intramolecular Hbond substituents is 1. The van der Waals surface area contributed by atoms with E-state index in [0.29, 0.717) is 0 Å². The zero-order valence-electron chi connectivity index (χ0n) is 8.71. The van der Waals surface area contributed by atoms with Crippen molar-refractivity contribution in [3.05, 3.63) is 23.8 Å². The number of hydrogen-bond donors (Lipinski definition) is 2. The molecule has 0 radical (unpaired) electrons. The summed E-state index contributed by atoms with van der Waals surface area (Å²) in [5, 5.41) is 18.2. The topological polar surface area (TPSA) is 94.9 Å². The van der Waals surface area contributed by atoms with E-state index in [4.69, 9.17) is 5.11 Å². The second-order valence-corrected chi connectivity index (χ2v) is 3.63. The van der Waals surface area contributed by atoms with Crippen molar-refractivity contribution in [2.45, 2.75) is 12.8 Å². The number of carboxylic acid groups (broad SMARTS) is 1. The van der Waals surface area contributed by atoms with Crippen molar-refractivity contribution in [1.82, 2.24) is 0 Å². The van der Waals surface area contributed by atoms with Crippen molar-refractivity contribution in [3.8, 4) is 5.75 Å². The number of amides is 2. The Morgan fingerprint density at radius 2 is 1.76 bits per heavy atom. The zero-order chi connectivity index (χ0) is 12.6. The number of nitrogens with zero attached hydrogens (tertiary/aromatic N) is 1. The lowest BCUT2D eigenvalue weighted by atomic mass is 10.1. The summed E-state index contributed by atoms with van der Waals surface area (Å²) in [6.45, 7) is 0. The Bertz CT molecular complexity index is 507. The molecule has 0 unspecified atom stereocenters. The van der Waals surface area contributed by atoms with Crippen LogP contribution in [0.3, 0.4) is 0 Å². The molecule has 1 aromatic carbocycles. The van der Waals surface area contributed by atoms with Crippen LogP contribution in [0.4, 0.5) is 5.69 Å². The van der Waals surface area contributed by atoms with Gasteiger partial charge in [0.05, 0.1) is 11.3 Å². The van der Waals surface area contributed by atoms with Crippen LogP contribution >= 0.6 is 0 Å². The lowest BCUT2D eigenvalue weighted by Crippen LogP contribution is -2.30. The Morgan fingerprint density at radius 3 is 2.29 bits per heavy atom. The quantitative estimate of drug-likeness (QED) is 0.737. The maximum absolute atomic E-state index is 11.5. The first-order valence-corrected chi connectivity index (χ1v) is 4.93. The van der Waals surface area contributed by atoms with Gasteiger partial charge >= 0.3 is 5.97 Å². The third-order valence-electron chi connectivity index (χ3n) is 2.50. The Morgan fingerprint density at radius 1 is 1.18 bits per heavy atom. The molecule has 1 aromatic rings. The van der Waals surface area contributed by atoms with E-state index < -0.39 is 17.8 Å². The highest BCUT2D eigenvalue weighted by Gasteiger charge is 2.32. The molecule has 1 heterocycles. The molecule has 0 atom stereocenters. The lowest BCUT2D eigenvalue weighted by molar-refractivity contribution is -0.121. The summed E-state index contributed by atoms with van der Waals surface area (Å²) in [6.07, 6.45) is 0.164. The van der Waals surface area contributed by atoms with Gasteiger partial charge < -0.3 is 10.2 Å². The van der Waals surface area contributed by atoms with Crippen LogP contribution in [0.25, 0.3) is 0 Å². The van der Waals surface area contributed by atoms with Crippen molar-refractivity contribution in [3.63, 3.8) is 0 Å². The van der Waals surface area contributed by atoms with Gasteiger partial charge in [-0.15, -0.1) is 0 Å². The van der Waals surface area contributed by atoms with Crippen LogP contribution in [0, 0.1) is 0 Å². The normalized spacial score (nSPS) is 15.4. The first-order chi connectivity index (χ1) is 8.00. The third kappa shape index (κ3) is 1.84. The van der Waals surface area contributed by atoms with E-state index in [9.17, 15) is 19.5 Å². The van der Waals surface area contributed by atoms with Gasteiger partial charge in [-0.1, -0.05) is 0 Å². The molecular formula is C11H9NO5. The molecule has 1 aliphatic heterocycles. The minimum atomic E-state index is -1.30. The van der Waals surface area contributed by atoms with Crippen LogP contribution in [0.15, 0.2) is 18.2 Å². The summed E-state index contributed by atoms with van der Waals surface area (Å²) in [7, 11) is 0. The number of phenols is 1. The van der Waals surface area contributed by atoms with Gasteiger partial charge in [-0.25, -0.2) is 9.69 Å². The fourth-order valence-corrected chi connectivity index (χ4v) is 1.74. The standard InChI is InChI=1S/C11H9NO5/c13-6-1-2-8(7(5-6)11(16)17)12-9(14)3-4-10(12)15/h1-2,5,13H,3-4H2,(H,16,17). The van der Waals surface area contributed by atoms with Crippen LogP contribution in [-0.2, 0) is 9.59 Å². The molecule has 2 rings (SSSR count). The zero-order valence-corrected chi connectivity index (χ0v) is 8.71. The number of aromatic carboxylic acids is 1. The summed E-state index contributed by atoms with van der Waals surface area (Å²) >= 11 is 0. The Labute approximate surface area is 96.1 Å². The molecule has 1 saturated heterocycles. The number of rotatable bonds is 2. The van der Waals surface area contributed by atoms with Crippen LogP contribution in [0.5, 0.6) is 5.75 Å². The van der Waals surface area contributed by atoms with Gasteiger partial charge in [0.2, 0.25) is 11.8 Å². The van der Waals surface area contributed by atoms with E-state index in [-0.39, 0.29) is 29.8 Å². The Hall–Kier alpha value is -2.37. The summed E-state index contributed by atoms with van der Waals surface area (Å²) in [5.74, 6) is -2.39. The first-order valence-electron chi connectivity index (χ1n) is 4.93. The van der Waals surface area contributed by atoms with Gasteiger partial charge in [-0.3, -0.25) is 9.59 Å². The van der Waals surface area contributed by atoms with Crippen molar-refractivity contribution in [1.29, 1.82) is 0 Å². The van der Waals surface area contributed by atoms with Crippen LogP contribution in [0.1, 0.15) is 23.2 Å². The molecule has 0 bridgehead atoms. The van der Waals surface area contributed by atoms with Gasteiger partial charge in [0, 0.05) is 12.8 Å². The van der Waals surface area contributed by atoms with Crippen molar-refractivity contribution in [2.24, 2.45) is 0 Å². The number of aromatic hydroxyl groups is 1. The average Bonchev–Trinajstić information content (AvgIpc) is 2.59. The summed E-state index contributed by atoms with van der Waals surface area (Å²) in [6, 6.07) is 3.50. The maximum atomic E-state index is 11.5. The number of anilines is 1. The molecule has 0 aliphatic carbocycles. The molecular weight excluding hydrogens is 226 g/mol. The number of carboxylic acids is 1. The lowest BCUT2D eigenvalue weighted by Gasteiger charge is -2.16. The van der Waals surface area contributed by atoms with Crippen LogP contribution in [0.2, 0.25) is 0 Å². The fourth-order valence-electron chi connectivity index (χ4n) is 1.74. The highest BCUT2D eigenvalue weighted by Crippen LogP contribution is 2.29. The molecule has 1 fully saturated rings. The predicted octanol–water partition coefficient (Wildman–Crippen LogP) is 0.744. The van der Waals surface area contributed by atoms with Crippen LogP contribution < -0.4 is 4.90 Å². The molecule has 0 spiro atoms. The largest absolute Gasteiger partial charge is 0.508 e. The molecule has 6 heteroatoms. The molecule has 6 nitrogen and oxygen atoms in total. The summed E-state index contributed by atoms with van der Waals surface area (Å²) in [4.78, 5) is 34.8. The molecule has 0 saturated carbocycles. The van der Waals surface area contributed by atoms with Gasteiger partial charge in [-0.05, 0) is 18.2 Å². The smallest absolute Gasteiger partial charge is 0.337 e. The van der Waals surface area contributed by atoms with Gasteiger partial charge in [-0.2, -0.15) is 0 Å². The maximum Gasteiger partial charge on any atom is 0.337 e. The van der Waals surface area contributed by atoms with Gasteiger partial charge in [0.15, 0.2) is 0 Å². The first kappa shape index (κ1) is 11.1. The van der Waals surface area contributed by atoms with E-state index >= 15 is 0 Å². The van der Waals surface area contributed by atoms with Crippen molar-refractivity contribution < 1.29 is 24.6 Å². The molecule has 17 heavy (non-hydrogen) atoms. The molecule has 2 N–H and O–H groups in total.